The Hall–Kier alpha value is -1.82. The molecule has 1 atom stereocenters. The molecule has 1 unspecified atom stereocenters. The molecule has 0 amide bonds. The SMILES string of the molecule is C=CCC(C=CC#N)C(=C)C(=O)O. The van der Waals surface area contributed by atoms with Gasteiger partial charge in [-0.1, -0.05) is 18.7 Å². The van der Waals surface area contributed by atoms with E-state index in [0.717, 1.165) is 0 Å². The van der Waals surface area contributed by atoms with Crippen LogP contribution in [0, 0.1) is 17.2 Å². The third kappa shape index (κ3) is 3.92. The first-order valence-electron chi connectivity index (χ1n) is 3.72. The summed E-state index contributed by atoms with van der Waals surface area (Å²) in [4.78, 5) is 10.5. The minimum atomic E-state index is -1.05. The lowest BCUT2D eigenvalue weighted by molar-refractivity contribution is -0.133. The molecule has 0 aromatic rings. The van der Waals surface area contributed by atoms with Crippen LogP contribution in [0.1, 0.15) is 6.42 Å². The lowest BCUT2D eigenvalue weighted by atomic mass is 9.96. The fourth-order valence-electron chi connectivity index (χ4n) is 0.834. The van der Waals surface area contributed by atoms with E-state index in [1.165, 1.54) is 12.2 Å². The molecule has 0 aromatic heterocycles. The molecule has 0 bridgehead atoms. The molecule has 0 saturated heterocycles. The van der Waals surface area contributed by atoms with E-state index in [0.29, 0.717) is 6.42 Å². The maximum Gasteiger partial charge on any atom is 0.331 e. The van der Waals surface area contributed by atoms with E-state index >= 15 is 0 Å². The summed E-state index contributed by atoms with van der Waals surface area (Å²) >= 11 is 0. The van der Waals surface area contributed by atoms with Crippen molar-refractivity contribution in [2.45, 2.75) is 6.42 Å². The first-order chi connectivity index (χ1) is 6.13. The Morgan fingerprint density at radius 2 is 2.31 bits per heavy atom. The molecule has 68 valence electrons. The van der Waals surface area contributed by atoms with Crippen LogP contribution in [0.2, 0.25) is 0 Å². The molecule has 0 radical (unpaired) electrons. The van der Waals surface area contributed by atoms with E-state index in [9.17, 15) is 4.79 Å². The van der Waals surface area contributed by atoms with Gasteiger partial charge in [0.2, 0.25) is 0 Å². The Morgan fingerprint density at radius 1 is 1.69 bits per heavy atom. The van der Waals surface area contributed by atoms with Crippen molar-refractivity contribution in [2.75, 3.05) is 0 Å². The number of aliphatic carboxylic acids is 1. The molecule has 13 heavy (non-hydrogen) atoms. The van der Waals surface area contributed by atoms with Crippen molar-refractivity contribution in [1.82, 2.24) is 0 Å². The maximum absolute atomic E-state index is 10.5. The third-order valence-electron chi connectivity index (χ3n) is 1.55. The molecule has 0 fully saturated rings. The zero-order chi connectivity index (χ0) is 10.3. The van der Waals surface area contributed by atoms with Crippen molar-refractivity contribution >= 4 is 5.97 Å². The van der Waals surface area contributed by atoms with Gasteiger partial charge in [0, 0.05) is 17.6 Å². The van der Waals surface area contributed by atoms with Crippen LogP contribution < -0.4 is 0 Å². The fraction of sp³-hybridized carbons (Fsp3) is 0.200. The highest BCUT2D eigenvalue weighted by atomic mass is 16.4. The molecule has 0 heterocycles. The van der Waals surface area contributed by atoms with Gasteiger partial charge in [-0.15, -0.1) is 6.58 Å². The van der Waals surface area contributed by atoms with Crippen molar-refractivity contribution < 1.29 is 9.90 Å². The lowest BCUT2D eigenvalue weighted by Gasteiger charge is -2.08. The summed E-state index contributed by atoms with van der Waals surface area (Å²) < 4.78 is 0. The fourth-order valence-corrected chi connectivity index (χ4v) is 0.834. The molecule has 0 rings (SSSR count). The van der Waals surface area contributed by atoms with Crippen LogP contribution >= 0.6 is 0 Å². The van der Waals surface area contributed by atoms with E-state index in [4.69, 9.17) is 10.4 Å². The van der Waals surface area contributed by atoms with Gasteiger partial charge in [0.05, 0.1) is 6.07 Å². The quantitative estimate of drug-likeness (QED) is 0.396. The van der Waals surface area contributed by atoms with Crippen LogP contribution in [-0.2, 0) is 4.79 Å². The molecule has 3 nitrogen and oxygen atoms in total. The maximum atomic E-state index is 10.5. The summed E-state index contributed by atoms with van der Waals surface area (Å²) in [7, 11) is 0. The molecule has 1 N–H and O–H groups in total. The van der Waals surface area contributed by atoms with Crippen molar-refractivity contribution in [1.29, 1.82) is 5.26 Å². The number of nitrogens with zero attached hydrogens (tertiary/aromatic N) is 1. The second kappa shape index (κ2) is 5.78. The molecule has 0 aromatic carbocycles. The average Bonchev–Trinajstić information content (AvgIpc) is 2.11. The van der Waals surface area contributed by atoms with Crippen LogP contribution in [-0.4, -0.2) is 11.1 Å². The van der Waals surface area contributed by atoms with Gasteiger partial charge < -0.3 is 5.11 Å². The van der Waals surface area contributed by atoms with Crippen LogP contribution in [0.15, 0.2) is 37.0 Å². The Balaban J connectivity index is 4.51. The summed E-state index contributed by atoms with van der Waals surface area (Å²) in [6.45, 7) is 6.92. The normalized spacial score (nSPS) is 11.9. The smallest absolute Gasteiger partial charge is 0.331 e. The van der Waals surface area contributed by atoms with Crippen molar-refractivity contribution in [3.05, 3.63) is 37.0 Å². The van der Waals surface area contributed by atoms with Gasteiger partial charge in [-0.3, -0.25) is 0 Å². The van der Waals surface area contributed by atoms with Crippen LogP contribution in [0.25, 0.3) is 0 Å². The molecular formula is C10H11NO2. The molecule has 0 aliphatic heterocycles. The number of carboxylic acids is 1. The van der Waals surface area contributed by atoms with Gasteiger partial charge in [0.25, 0.3) is 0 Å². The first-order valence-corrected chi connectivity index (χ1v) is 3.72. The van der Waals surface area contributed by atoms with E-state index in [-0.39, 0.29) is 11.5 Å². The van der Waals surface area contributed by atoms with Crippen LogP contribution in [0.5, 0.6) is 0 Å². The molecule has 3 heteroatoms. The largest absolute Gasteiger partial charge is 0.478 e. The monoisotopic (exact) mass is 177 g/mol. The number of carboxylic acid groups (broad SMARTS) is 1. The van der Waals surface area contributed by atoms with Crippen LogP contribution in [0.3, 0.4) is 0 Å². The van der Waals surface area contributed by atoms with Gasteiger partial charge in [0.1, 0.15) is 0 Å². The Bertz CT molecular complexity index is 284. The standard InChI is InChI=1S/C10H11NO2/c1-3-5-9(6-4-7-11)8(2)10(12)13/h3-4,6,9H,1-2,5H2,(H,12,13). The van der Waals surface area contributed by atoms with Crippen molar-refractivity contribution in [3.8, 4) is 6.07 Å². The minimum absolute atomic E-state index is 0.0754. The summed E-state index contributed by atoms with van der Waals surface area (Å²) in [5.74, 6) is -1.39. The second-order valence-electron chi connectivity index (χ2n) is 2.45. The van der Waals surface area contributed by atoms with E-state index in [2.05, 4.69) is 13.2 Å². The molecule has 0 aliphatic rings. The number of rotatable bonds is 5. The summed E-state index contributed by atoms with van der Waals surface area (Å²) in [5, 5.41) is 16.9. The highest BCUT2D eigenvalue weighted by Crippen LogP contribution is 2.15. The highest BCUT2D eigenvalue weighted by molar-refractivity contribution is 5.86. The predicted molar refractivity (Wildman–Crippen MR) is 49.8 cm³/mol. The lowest BCUT2D eigenvalue weighted by Crippen LogP contribution is -2.08. The predicted octanol–water partition coefficient (Wildman–Crippen LogP) is 1.90. The number of allylic oxidation sites excluding steroid dienone is 3. The first kappa shape index (κ1) is 11.2. The summed E-state index contributed by atoms with van der Waals surface area (Å²) in [6, 6.07) is 1.80. The average molecular weight is 177 g/mol. The summed E-state index contributed by atoms with van der Waals surface area (Å²) in [6.07, 6.45) is 4.84. The van der Waals surface area contributed by atoms with E-state index in [1.807, 2.05) is 0 Å². The third-order valence-corrected chi connectivity index (χ3v) is 1.55. The number of nitriles is 1. The van der Waals surface area contributed by atoms with Gasteiger partial charge in [-0.25, -0.2) is 4.79 Å². The van der Waals surface area contributed by atoms with Gasteiger partial charge in [-0.2, -0.15) is 5.26 Å². The zero-order valence-corrected chi connectivity index (χ0v) is 7.23. The molecule has 0 spiro atoms. The molecular weight excluding hydrogens is 166 g/mol. The number of hydrogen-bond acceptors (Lipinski definition) is 2. The minimum Gasteiger partial charge on any atom is -0.478 e. The number of hydrogen-bond donors (Lipinski definition) is 1. The number of carbonyl (C=O) groups is 1. The highest BCUT2D eigenvalue weighted by Gasteiger charge is 2.13. The zero-order valence-electron chi connectivity index (χ0n) is 7.23. The Labute approximate surface area is 77.3 Å². The van der Waals surface area contributed by atoms with Crippen molar-refractivity contribution in [3.63, 3.8) is 0 Å². The van der Waals surface area contributed by atoms with Gasteiger partial charge in [0.15, 0.2) is 0 Å². The van der Waals surface area contributed by atoms with Gasteiger partial charge in [-0.05, 0) is 6.42 Å². The van der Waals surface area contributed by atoms with E-state index < -0.39 is 5.97 Å². The Morgan fingerprint density at radius 3 is 2.69 bits per heavy atom. The summed E-state index contributed by atoms with van der Waals surface area (Å²) in [5.41, 5.74) is 0.0754. The molecule has 0 aliphatic carbocycles. The van der Waals surface area contributed by atoms with Gasteiger partial charge >= 0.3 is 5.97 Å². The van der Waals surface area contributed by atoms with E-state index in [1.54, 1.807) is 12.1 Å². The molecule has 0 saturated carbocycles. The topological polar surface area (TPSA) is 61.1 Å². The van der Waals surface area contributed by atoms with Crippen LogP contribution in [0.4, 0.5) is 0 Å². The Kier molecular flexibility index (Phi) is 4.97. The van der Waals surface area contributed by atoms with Crippen molar-refractivity contribution in [2.24, 2.45) is 5.92 Å². The second-order valence-corrected chi connectivity index (χ2v) is 2.45.